The van der Waals surface area contributed by atoms with E-state index < -0.39 is 0 Å². The van der Waals surface area contributed by atoms with Crippen LogP contribution in [0.1, 0.15) is 60.8 Å². The number of ketones is 1. The molecule has 0 unspecified atom stereocenters. The molecule has 0 bridgehead atoms. The summed E-state index contributed by atoms with van der Waals surface area (Å²) in [6, 6.07) is 0. The second-order valence-electron chi connectivity index (χ2n) is 8.61. The zero-order valence-corrected chi connectivity index (χ0v) is 15.2. The fourth-order valence-electron chi connectivity index (χ4n) is 4.76. The van der Waals surface area contributed by atoms with Gasteiger partial charge in [0.1, 0.15) is 6.10 Å². The number of ether oxygens (including phenoxy) is 1. The van der Waals surface area contributed by atoms with Crippen LogP contribution in [0.15, 0.2) is 22.8 Å². The van der Waals surface area contributed by atoms with Crippen LogP contribution in [0.25, 0.3) is 0 Å². The van der Waals surface area contributed by atoms with E-state index in [0.29, 0.717) is 29.6 Å². The van der Waals surface area contributed by atoms with Crippen LogP contribution in [0.5, 0.6) is 0 Å². The fraction of sp³-hybridized carbons (Fsp3) is 0.700. The van der Waals surface area contributed by atoms with Gasteiger partial charge in [-0.25, -0.2) is 4.79 Å². The summed E-state index contributed by atoms with van der Waals surface area (Å²) >= 11 is 0. The number of carbonyl (C=O) groups excluding carboxylic acids is 2. The Hall–Kier alpha value is -1.38. The maximum absolute atomic E-state index is 12.3. The molecule has 126 valence electrons. The number of esters is 1. The van der Waals surface area contributed by atoms with Gasteiger partial charge in [-0.2, -0.15) is 0 Å². The molecule has 4 atom stereocenters. The van der Waals surface area contributed by atoms with E-state index in [2.05, 4.69) is 20.8 Å². The Balaban J connectivity index is 1.96. The molecule has 3 aliphatic carbocycles. The Morgan fingerprint density at radius 1 is 1.30 bits per heavy atom. The number of hydrogen-bond donors (Lipinski definition) is 0. The topological polar surface area (TPSA) is 43.4 Å². The first-order valence-corrected chi connectivity index (χ1v) is 8.68. The van der Waals surface area contributed by atoms with E-state index in [1.165, 1.54) is 5.57 Å². The smallest absolute Gasteiger partial charge is 0.333 e. The average Bonchev–Trinajstić information content (AvgIpc) is 3.10. The van der Waals surface area contributed by atoms with Gasteiger partial charge in [0.15, 0.2) is 5.78 Å². The Morgan fingerprint density at radius 3 is 2.57 bits per heavy atom. The van der Waals surface area contributed by atoms with Gasteiger partial charge in [-0.1, -0.05) is 32.4 Å². The van der Waals surface area contributed by atoms with Gasteiger partial charge < -0.3 is 4.74 Å². The molecule has 2 saturated carbocycles. The van der Waals surface area contributed by atoms with Gasteiger partial charge in [0.2, 0.25) is 0 Å². The second kappa shape index (κ2) is 5.06. The number of rotatable bonds is 2. The van der Waals surface area contributed by atoms with E-state index in [0.717, 1.165) is 18.4 Å². The summed E-state index contributed by atoms with van der Waals surface area (Å²) < 4.78 is 5.97. The molecule has 0 radical (unpaired) electrons. The predicted molar refractivity (Wildman–Crippen MR) is 89.7 cm³/mol. The summed E-state index contributed by atoms with van der Waals surface area (Å²) in [4.78, 5) is 24.5. The predicted octanol–water partition coefficient (Wildman–Crippen LogP) is 4.23. The summed E-state index contributed by atoms with van der Waals surface area (Å²) in [5.41, 5.74) is 2.93. The monoisotopic (exact) mass is 316 g/mol. The molecule has 0 amide bonds. The Morgan fingerprint density at radius 2 is 1.96 bits per heavy atom. The largest absolute Gasteiger partial charge is 0.458 e. The highest BCUT2D eigenvalue weighted by molar-refractivity contribution is 5.99. The van der Waals surface area contributed by atoms with Crippen LogP contribution < -0.4 is 0 Å². The average molecular weight is 316 g/mol. The molecule has 0 heterocycles. The van der Waals surface area contributed by atoms with Crippen LogP contribution in [-0.4, -0.2) is 17.9 Å². The molecule has 0 aromatic heterocycles. The molecule has 3 nitrogen and oxygen atoms in total. The Kier molecular flexibility index (Phi) is 3.62. The summed E-state index contributed by atoms with van der Waals surface area (Å²) in [6.07, 6.45) is 4.29. The van der Waals surface area contributed by atoms with E-state index in [1.807, 2.05) is 13.8 Å². The third-order valence-corrected chi connectivity index (χ3v) is 6.62. The minimum Gasteiger partial charge on any atom is -0.458 e. The number of allylic oxidation sites excluding steroid dienone is 3. The van der Waals surface area contributed by atoms with E-state index in [-0.39, 0.29) is 22.9 Å². The first kappa shape index (κ1) is 16.5. The molecule has 0 aromatic carbocycles. The molecular formula is C20H28O3. The number of carbonyl (C=O) groups is 2. The van der Waals surface area contributed by atoms with Crippen molar-refractivity contribution in [2.75, 3.05) is 0 Å². The third kappa shape index (κ3) is 2.40. The molecule has 0 spiro atoms. The van der Waals surface area contributed by atoms with E-state index in [9.17, 15) is 9.59 Å². The lowest BCUT2D eigenvalue weighted by atomic mass is 9.78. The van der Waals surface area contributed by atoms with Crippen molar-refractivity contribution < 1.29 is 14.3 Å². The number of Topliss-reactive ketones (excluding diaryl/α,β-unsaturated/α-hetero) is 1. The highest BCUT2D eigenvalue weighted by Gasteiger charge is 2.66. The molecule has 2 fully saturated rings. The maximum atomic E-state index is 12.3. The first-order valence-electron chi connectivity index (χ1n) is 8.68. The third-order valence-electron chi connectivity index (χ3n) is 6.62. The van der Waals surface area contributed by atoms with Crippen LogP contribution in [0.4, 0.5) is 0 Å². The lowest BCUT2D eigenvalue weighted by Crippen LogP contribution is -2.36. The van der Waals surface area contributed by atoms with Gasteiger partial charge in [0, 0.05) is 23.3 Å². The molecular weight excluding hydrogens is 288 g/mol. The van der Waals surface area contributed by atoms with Crippen molar-refractivity contribution in [3.8, 4) is 0 Å². The van der Waals surface area contributed by atoms with Crippen molar-refractivity contribution in [2.45, 2.75) is 66.9 Å². The van der Waals surface area contributed by atoms with Crippen molar-refractivity contribution in [2.24, 2.45) is 22.7 Å². The minimum absolute atomic E-state index is 0.0732. The van der Waals surface area contributed by atoms with Gasteiger partial charge in [-0.3, -0.25) is 4.79 Å². The van der Waals surface area contributed by atoms with Gasteiger partial charge in [-0.05, 0) is 50.5 Å². The fourth-order valence-corrected chi connectivity index (χ4v) is 4.76. The van der Waals surface area contributed by atoms with Crippen molar-refractivity contribution >= 4 is 11.8 Å². The lowest BCUT2D eigenvalue weighted by Gasteiger charge is -2.34. The maximum Gasteiger partial charge on any atom is 0.333 e. The van der Waals surface area contributed by atoms with Crippen LogP contribution in [0.2, 0.25) is 0 Å². The molecule has 0 aliphatic heterocycles. The summed E-state index contributed by atoms with van der Waals surface area (Å²) in [5.74, 6) is 0.833. The van der Waals surface area contributed by atoms with E-state index in [4.69, 9.17) is 4.74 Å². The van der Waals surface area contributed by atoms with Gasteiger partial charge in [0.25, 0.3) is 0 Å². The normalized spacial score (nSPS) is 38.8. The zero-order valence-electron chi connectivity index (χ0n) is 15.2. The zero-order chi connectivity index (χ0) is 17.2. The van der Waals surface area contributed by atoms with Crippen LogP contribution in [0, 0.1) is 22.7 Å². The van der Waals surface area contributed by atoms with Gasteiger partial charge in [0.05, 0.1) is 0 Å². The lowest BCUT2D eigenvalue weighted by molar-refractivity contribution is -0.152. The summed E-state index contributed by atoms with van der Waals surface area (Å²) in [7, 11) is 0. The highest BCUT2D eigenvalue weighted by atomic mass is 16.5. The molecule has 0 saturated heterocycles. The van der Waals surface area contributed by atoms with E-state index in [1.54, 1.807) is 13.0 Å². The molecule has 3 aliphatic rings. The number of fused-ring (bicyclic) bond motifs is 3. The van der Waals surface area contributed by atoms with Crippen LogP contribution >= 0.6 is 0 Å². The van der Waals surface area contributed by atoms with Crippen LogP contribution in [0.3, 0.4) is 0 Å². The molecule has 3 rings (SSSR count). The summed E-state index contributed by atoms with van der Waals surface area (Å²) in [5, 5.41) is 0. The molecule has 0 aromatic rings. The quantitative estimate of drug-likeness (QED) is 0.566. The highest BCUT2D eigenvalue weighted by Crippen LogP contribution is 2.69. The van der Waals surface area contributed by atoms with E-state index >= 15 is 0 Å². The SMILES string of the molecule is C/C=C(\C)C(=O)O[C@@H]1[C@H]2C[C@@]2(C)[C@@H]2CC(=O)C(C)=C2CC1(C)C. The minimum atomic E-state index is -0.200. The standard InChI is InChI=1S/C20H28O3/c1-7-11(2)18(22)23-17-15-10-20(15,6)14-8-16(21)12(3)13(14)9-19(17,4)5/h7,14-15,17H,8-10H2,1-6H3/b11-7+/t14-,15-,17-,20+/m1/s1. The van der Waals surface area contributed by atoms with Crippen molar-refractivity contribution in [1.29, 1.82) is 0 Å². The molecule has 0 N–H and O–H groups in total. The Bertz CT molecular complexity index is 637. The van der Waals surface area contributed by atoms with Crippen molar-refractivity contribution in [1.82, 2.24) is 0 Å². The van der Waals surface area contributed by atoms with Crippen molar-refractivity contribution in [3.63, 3.8) is 0 Å². The van der Waals surface area contributed by atoms with Gasteiger partial charge >= 0.3 is 5.97 Å². The van der Waals surface area contributed by atoms with Crippen LogP contribution in [-0.2, 0) is 14.3 Å². The molecule has 3 heteroatoms. The van der Waals surface area contributed by atoms with Crippen molar-refractivity contribution in [3.05, 3.63) is 22.8 Å². The first-order chi connectivity index (χ1) is 10.6. The molecule has 23 heavy (non-hydrogen) atoms. The van der Waals surface area contributed by atoms with Gasteiger partial charge in [-0.15, -0.1) is 0 Å². The second-order valence-corrected chi connectivity index (χ2v) is 8.61. The Labute approximate surface area is 139 Å². The number of hydrogen-bond acceptors (Lipinski definition) is 3. The summed E-state index contributed by atoms with van der Waals surface area (Å²) in [6.45, 7) is 12.3.